The van der Waals surface area contributed by atoms with Crippen molar-refractivity contribution in [3.05, 3.63) is 24.3 Å². The van der Waals surface area contributed by atoms with Crippen molar-refractivity contribution in [1.29, 1.82) is 0 Å². The zero-order valence-electron chi connectivity index (χ0n) is 16.8. The van der Waals surface area contributed by atoms with Crippen molar-refractivity contribution in [2.24, 2.45) is 0 Å². The maximum atomic E-state index is 13.2. The highest BCUT2D eigenvalue weighted by molar-refractivity contribution is 7.99. The fraction of sp³-hybridized carbons (Fsp3) is 0.579. The van der Waals surface area contributed by atoms with Crippen LogP contribution in [-0.4, -0.2) is 75.9 Å². The van der Waals surface area contributed by atoms with E-state index >= 15 is 0 Å². The van der Waals surface area contributed by atoms with Crippen LogP contribution in [0.3, 0.4) is 0 Å². The lowest BCUT2D eigenvalue weighted by molar-refractivity contribution is -0.132. The number of carbonyl (C=O) groups excluding carboxylic acids is 1. The molecule has 1 atom stereocenters. The number of benzene rings is 1. The standard InChI is InChI=1S/C19H25N5O4S2/c1-28-17-9-5-4-8-16(17)24-19(20-21-22-24)29-12-18(25)23(14-6-2-3-7-14)15-10-11-30(26,27)13-15/h4-5,8-9,14-15H,2-3,6-7,10-13H2,1H3/t15-/m1/s1. The number of thioether (sulfide) groups is 1. The minimum Gasteiger partial charge on any atom is -0.494 e. The Bertz CT molecular complexity index is 1000. The molecule has 30 heavy (non-hydrogen) atoms. The van der Waals surface area contributed by atoms with E-state index in [2.05, 4.69) is 15.5 Å². The molecule has 1 aliphatic carbocycles. The highest BCUT2D eigenvalue weighted by atomic mass is 32.2. The minimum absolute atomic E-state index is 0.0522. The third-order valence-electron chi connectivity index (χ3n) is 5.69. The van der Waals surface area contributed by atoms with E-state index < -0.39 is 9.84 Å². The molecule has 9 nitrogen and oxygen atoms in total. The second-order valence-corrected chi connectivity index (χ2v) is 10.8. The number of amides is 1. The third-order valence-corrected chi connectivity index (χ3v) is 8.34. The van der Waals surface area contributed by atoms with Crippen molar-refractivity contribution in [2.75, 3.05) is 24.4 Å². The Morgan fingerprint density at radius 1 is 1.23 bits per heavy atom. The van der Waals surface area contributed by atoms with Crippen molar-refractivity contribution >= 4 is 27.5 Å². The van der Waals surface area contributed by atoms with Crippen LogP contribution in [0.4, 0.5) is 0 Å². The van der Waals surface area contributed by atoms with Gasteiger partial charge in [-0.25, -0.2) is 8.42 Å². The van der Waals surface area contributed by atoms with Crippen LogP contribution in [0.5, 0.6) is 5.75 Å². The van der Waals surface area contributed by atoms with Crippen LogP contribution in [0.1, 0.15) is 32.1 Å². The van der Waals surface area contributed by atoms with E-state index in [1.54, 1.807) is 11.8 Å². The lowest BCUT2D eigenvalue weighted by Crippen LogP contribution is -2.47. The summed E-state index contributed by atoms with van der Waals surface area (Å²) in [7, 11) is -1.49. The Kier molecular flexibility index (Phi) is 6.28. The predicted molar refractivity (Wildman–Crippen MR) is 113 cm³/mol. The molecule has 2 heterocycles. The number of rotatable bonds is 7. The van der Waals surface area contributed by atoms with Crippen LogP contribution in [0.2, 0.25) is 0 Å². The summed E-state index contributed by atoms with van der Waals surface area (Å²) in [5, 5.41) is 12.3. The van der Waals surface area contributed by atoms with Crippen LogP contribution in [-0.2, 0) is 14.6 Å². The lowest BCUT2D eigenvalue weighted by Gasteiger charge is -2.34. The summed E-state index contributed by atoms with van der Waals surface area (Å²) in [4.78, 5) is 15.1. The number of nitrogens with zero attached hydrogens (tertiary/aromatic N) is 5. The third kappa shape index (κ3) is 4.46. The molecule has 2 aromatic rings. The smallest absolute Gasteiger partial charge is 0.233 e. The molecule has 4 rings (SSSR count). The van der Waals surface area contributed by atoms with Crippen LogP contribution >= 0.6 is 11.8 Å². The first kappa shape index (κ1) is 21.1. The van der Waals surface area contributed by atoms with E-state index in [1.807, 2.05) is 29.2 Å². The Morgan fingerprint density at radius 3 is 2.70 bits per heavy atom. The maximum absolute atomic E-state index is 13.2. The zero-order valence-corrected chi connectivity index (χ0v) is 18.4. The Labute approximate surface area is 180 Å². The first-order chi connectivity index (χ1) is 14.5. The number of aromatic nitrogens is 4. The second kappa shape index (κ2) is 8.93. The minimum atomic E-state index is -3.06. The molecule has 0 radical (unpaired) electrons. The highest BCUT2D eigenvalue weighted by Gasteiger charge is 2.39. The molecule has 1 amide bonds. The average Bonchev–Trinajstić information content (AvgIpc) is 3.48. The fourth-order valence-corrected chi connectivity index (χ4v) is 6.77. The molecule has 2 fully saturated rings. The summed E-state index contributed by atoms with van der Waals surface area (Å²) in [6.45, 7) is 0. The summed E-state index contributed by atoms with van der Waals surface area (Å²) in [5.41, 5.74) is 0.689. The molecular weight excluding hydrogens is 426 g/mol. The number of para-hydroxylation sites is 2. The van der Waals surface area contributed by atoms with Gasteiger partial charge in [0.05, 0.1) is 24.4 Å². The van der Waals surface area contributed by atoms with Crippen molar-refractivity contribution in [1.82, 2.24) is 25.1 Å². The molecule has 1 aliphatic heterocycles. The molecule has 0 unspecified atom stereocenters. The molecule has 0 spiro atoms. The Balaban J connectivity index is 1.50. The SMILES string of the molecule is COc1ccccc1-n1nnnc1SCC(=O)N(C1CCCC1)[C@@H]1CCS(=O)(=O)C1. The molecule has 1 aromatic carbocycles. The molecule has 1 saturated carbocycles. The van der Waals surface area contributed by atoms with Gasteiger partial charge < -0.3 is 9.64 Å². The normalized spacial score (nSPS) is 21.0. The zero-order chi connectivity index (χ0) is 21.1. The Hall–Kier alpha value is -2.14. The predicted octanol–water partition coefficient (Wildman–Crippen LogP) is 1.72. The number of sulfone groups is 1. The number of methoxy groups -OCH3 is 1. The molecule has 162 valence electrons. The summed E-state index contributed by atoms with van der Waals surface area (Å²) in [6.07, 6.45) is 4.55. The molecule has 2 aliphatic rings. The number of hydrogen-bond acceptors (Lipinski definition) is 8. The number of hydrogen-bond donors (Lipinski definition) is 0. The van der Waals surface area contributed by atoms with Crippen LogP contribution in [0, 0.1) is 0 Å². The van der Waals surface area contributed by atoms with Gasteiger partial charge in [-0.1, -0.05) is 36.7 Å². The van der Waals surface area contributed by atoms with Crippen LogP contribution in [0.25, 0.3) is 5.69 Å². The van der Waals surface area contributed by atoms with Gasteiger partial charge >= 0.3 is 0 Å². The van der Waals surface area contributed by atoms with Gasteiger partial charge in [0.15, 0.2) is 9.84 Å². The topological polar surface area (TPSA) is 107 Å². The molecule has 0 N–H and O–H groups in total. The van der Waals surface area contributed by atoms with E-state index in [4.69, 9.17) is 4.74 Å². The summed E-state index contributed by atoms with van der Waals surface area (Å²) < 4.78 is 30.9. The number of tetrazole rings is 1. The summed E-state index contributed by atoms with van der Waals surface area (Å²) in [6, 6.07) is 7.28. The number of carbonyl (C=O) groups is 1. The van der Waals surface area contributed by atoms with Crippen LogP contribution < -0.4 is 4.74 Å². The molecule has 1 aromatic heterocycles. The van der Waals surface area contributed by atoms with Gasteiger partial charge in [0.2, 0.25) is 11.1 Å². The number of ether oxygens (including phenoxy) is 1. The Morgan fingerprint density at radius 2 is 2.00 bits per heavy atom. The summed E-state index contributed by atoms with van der Waals surface area (Å²) in [5.74, 6) is 0.958. The first-order valence-electron chi connectivity index (χ1n) is 10.0. The highest BCUT2D eigenvalue weighted by Crippen LogP contribution is 2.31. The van der Waals surface area contributed by atoms with E-state index in [0.717, 1.165) is 25.7 Å². The van der Waals surface area contributed by atoms with E-state index in [1.165, 1.54) is 11.8 Å². The van der Waals surface area contributed by atoms with E-state index in [-0.39, 0.29) is 35.2 Å². The van der Waals surface area contributed by atoms with Gasteiger partial charge in [-0.3, -0.25) is 4.79 Å². The molecule has 11 heteroatoms. The van der Waals surface area contributed by atoms with Gasteiger partial charge in [0.25, 0.3) is 0 Å². The maximum Gasteiger partial charge on any atom is 0.233 e. The monoisotopic (exact) mass is 451 g/mol. The van der Waals surface area contributed by atoms with Crippen molar-refractivity contribution in [3.8, 4) is 11.4 Å². The molecule has 1 saturated heterocycles. The van der Waals surface area contributed by atoms with Gasteiger partial charge in [0.1, 0.15) is 11.4 Å². The lowest BCUT2D eigenvalue weighted by atomic mass is 10.1. The van der Waals surface area contributed by atoms with E-state index in [9.17, 15) is 13.2 Å². The van der Waals surface area contributed by atoms with Gasteiger partial charge in [-0.2, -0.15) is 4.68 Å². The van der Waals surface area contributed by atoms with Gasteiger partial charge in [-0.05, 0) is 41.8 Å². The van der Waals surface area contributed by atoms with Gasteiger partial charge in [0, 0.05) is 12.1 Å². The molecular formula is C19H25N5O4S2. The fourth-order valence-electron chi connectivity index (χ4n) is 4.31. The van der Waals surface area contributed by atoms with Crippen molar-refractivity contribution in [2.45, 2.75) is 49.3 Å². The largest absolute Gasteiger partial charge is 0.494 e. The van der Waals surface area contributed by atoms with Gasteiger partial charge in [-0.15, -0.1) is 5.10 Å². The van der Waals surface area contributed by atoms with Crippen molar-refractivity contribution < 1.29 is 17.9 Å². The quantitative estimate of drug-likeness (QED) is 0.586. The van der Waals surface area contributed by atoms with Crippen molar-refractivity contribution in [3.63, 3.8) is 0 Å². The average molecular weight is 452 g/mol. The first-order valence-corrected chi connectivity index (χ1v) is 12.9. The van der Waals surface area contributed by atoms with E-state index in [0.29, 0.717) is 23.0 Å². The summed E-state index contributed by atoms with van der Waals surface area (Å²) >= 11 is 1.25. The van der Waals surface area contributed by atoms with Crippen LogP contribution in [0.15, 0.2) is 29.4 Å². The molecule has 0 bridgehead atoms. The second-order valence-electron chi connectivity index (χ2n) is 7.63.